The molecule has 1 aromatic carbocycles. The number of carbonyl (C=O) groups excluding carboxylic acids is 1. The average Bonchev–Trinajstić information content (AvgIpc) is 2.81. The van der Waals surface area contributed by atoms with E-state index in [-0.39, 0.29) is 5.57 Å². The van der Waals surface area contributed by atoms with Gasteiger partial charge in [0.2, 0.25) is 0 Å². The number of rotatable bonds is 3. The Morgan fingerprint density at radius 1 is 1.45 bits per heavy atom. The number of aryl methyl sites for hydroxylation is 1. The number of nitrogens with zero attached hydrogens (tertiary/aromatic N) is 1. The van der Waals surface area contributed by atoms with E-state index in [9.17, 15) is 4.79 Å². The molecule has 2 rings (SSSR count). The SMILES string of the molecule is Cc1cccc(NC(=O)/C(C#N)=C/c2csc(Br)c2)c1. The van der Waals surface area contributed by atoms with Crippen LogP contribution in [0, 0.1) is 18.3 Å². The summed E-state index contributed by atoms with van der Waals surface area (Å²) in [6.45, 7) is 1.94. The molecule has 5 heteroatoms. The van der Waals surface area contributed by atoms with Crippen molar-refractivity contribution in [3.8, 4) is 6.07 Å². The lowest BCUT2D eigenvalue weighted by atomic mass is 10.1. The third-order valence-electron chi connectivity index (χ3n) is 2.54. The minimum Gasteiger partial charge on any atom is -0.321 e. The fourth-order valence-corrected chi connectivity index (χ4v) is 2.77. The molecule has 100 valence electrons. The van der Waals surface area contributed by atoms with Crippen LogP contribution in [0.2, 0.25) is 0 Å². The molecule has 0 saturated heterocycles. The molecule has 0 saturated carbocycles. The van der Waals surface area contributed by atoms with Gasteiger partial charge in [-0.1, -0.05) is 12.1 Å². The van der Waals surface area contributed by atoms with Gasteiger partial charge in [0.15, 0.2) is 0 Å². The molecule has 0 bridgehead atoms. The molecule has 1 N–H and O–H groups in total. The Morgan fingerprint density at radius 2 is 2.25 bits per heavy atom. The molecule has 0 radical (unpaired) electrons. The predicted octanol–water partition coefficient (Wildman–Crippen LogP) is 4.36. The maximum absolute atomic E-state index is 12.1. The summed E-state index contributed by atoms with van der Waals surface area (Å²) < 4.78 is 0.958. The van der Waals surface area contributed by atoms with Crippen molar-refractivity contribution in [3.63, 3.8) is 0 Å². The summed E-state index contributed by atoms with van der Waals surface area (Å²) in [6, 6.07) is 11.2. The second-order valence-corrected chi connectivity index (χ2v) is 6.47. The number of hydrogen-bond donors (Lipinski definition) is 1. The monoisotopic (exact) mass is 346 g/mol. The van der Waals surface area contributed by atoms with Crippen LogP contribution in [0.25, 0.3) is 6.08 Å². The van der Waals surface area contributed by atoms with Crippen LogP contribution in [0.5, 0.6) is 0 Å². The summed E-state index contributed by atoms with van der Waals surface area (Å²) in [4.78, 5) is 12.1. The normalized spacial score (nSPS) is 10.9. The minimum absolute atomic E-state index is 0.0804. The van der Waals surface area contributed by atoms with Gasteiger partial charge in [0.05, 0.1) is 3.79 Å². The van der Waals surface area contributed by atoms with E-state index in [1.54, 1.807) is 12.1 Å². The smallest absolute Gasteiger partial charge is 0.266 e. The Bertz CT molecular complexity index is 713. The first-order valence-corrected chi connectivity index (χ1v) is 7.49. The predicted molar refractivity (Wildman–Crippen MR) is 85.4 cm³/mol. The molecule has 0 aliphatic carbocycles. The highest BCUT2D eigenvalue weighted by Crippen LogP contribution is 2.22. The maximum atomic E-state index is 12.1. The number of carbonyl (C=O) groups is 1. The zero-order valence-electron chi connectivity index (χ0n) is 10.7. The fraction of sp³-hybridized carbons (Fsp3) is 0.0667. The van der Waals surface area contributed by atoms with Gasteiger partial charge in [-0.15, -0.1) is 11.3 Å². The second-order valence-electron chi connectivity index (χ2n) is 4.18. The van der Waals surface area contributed by atoms with Gasteiger partial charge in [0, 0.05) is 5.69 Å². The van der Waals surface area contributed by atoms with Gasteiger partial charge in [-0.05, 0) is 63.6 Å². The van der Waals surface area contributed by atoms with E-state index in [0.29, 0.717) is 5.69 Å². The third-order valence-corrected chi connectivity index (χ3v) is 4.06. The van der Waals surface area contributed by atoms with Crippen molar-refractivity contribution in [1.82, 2.24) is 0 Å². The van der Waals surface area contributed by atoms with E-state index < -0.39 is 5.91 Å². The van der Waals surface area contributed by atoms with Crippen molar-refractivity contribution < 1.29 is 4.79 Å². The van der Waals surface area contributed by atoms with Crippen molar-refractivity contribution in [3.05, 3.63) is 56.2 Å². The Balaban J connectivity index is 2.18. The van der Waals surface area contributed by atoms with Gasteiger partial charge < -0.3 is 5.32 Å². The maximum Gasteiger partial charge on any atom is 0.266 e. The van der Waals surface area contributed by atoms with Crippen molar-refractivity contribution in [2.75, 3.05) is 5.32 Å². The number of nitrogens with one attached hydrogen (secondary N) is 1. The molecule has 2 aromatic rings. The molecule has 0 aliphatic heterocycles. The molecule has 0 fully saturated rings. The molecule has 1 amide bonds. The quantitative estimate of drug-likeness (QED) is 0.662. The zero-order chi connectivity index (χ0) is 14.5. The number of benzene rings is 1. The van der Waals surface area contributed by atoms with Crippen LogP contribution in [0.4, 0.5) is 5.69 Å². The van der Waals surface area contributed by atoms with Gasteiger partial charge in [-0.2, -0.15) is 5.26 Å². The summed E-state index contributed by atoms with van der Waals surface area (Å²) in [5, 5.41) is 13.7. The molecule has 1 aromatic heterocycles. The van der Waals surface area contributed by atoms with Crippen LogP contribution >= 0.6 is 27.3 Å². The fourth-order valence-electron chi connectivity index (χ4n) is 1.64. The average molecular weight is 347 g/mol. The van der Waals surface area contributed by atoms with Crippen LogP contribution in [-0.2, 0) is 4.79 Å². The van der Waals surface area contributed by atoms with Gasteiger partial charge in [0.1, 0.15) is 11.6 Å². The number of hydrogen-bond acceptors (Lipinski definition) is 3. The van der Waals surface area contributed by atoms with Crippen LogP contribution in [-0.4, -0.2) is 5.91 Å². The summed E-state index contributed by atoms with van der Waals surface area (Å²) in [5.41, 5.74) is 2.64. The van der Waals surface area contributed by atoms with Crippen molar-refractivity contribution in [2.24, 2.45) is 0 Å². The number of thiophene rings is 1. The Hall–Kier alpha value is -1.90. The van der Waals surface area contributed by atoms with Gasteiger partial charge >= 0.3 is 0 Å². The Morgan fingerprint density at radius 3 is 2.85 bits per heavy atom. The van der Waals surface area contributed by atoms with Crippen LogP contribution in [0.15, 0.2) is 45.1 Å². The number of halogens is 1. The molecule has 0 atom stereocenters. The lowest BCUT2D eigenvalue weighted by Crippen LogP contribution is -2.13. The van der Waals surface area contributed by atoms with Crippen molar-refractivity contribution in [1.29, 1.82) is 5.26 Å². The van der Waals surface area contributed by atoms with Crippen LogP contribution in [0.3, 0.4) is 0 Å². The molecule has 0 spiro atoms. The third kappa shape index (κ3) is 3.80. The molecular weight excluding hydrogens is 336 g/mol. The highest BCUT2D eigenvalue weighted by Gasteiger charge is 2.10. The van der Waals surface area contributed by atoms with Gasteiger partial charge in [-0.25, -0.2) is 0 Å². The minimum atomic E-state index is -0.402. The molecule has 0 unspecified atom stereocenters. The second kappa shape index (κ2) is 6.51. The summed E-state index contributed by atoms with van der Waals surface area (Å²) >= 11 is 4.85. The van der Waals surface area contributed by atoms with Crippen LogP contribution in [0.1, 0.15) is 11.1 Å². The Labute approximate surface area is 129 Å². The van der Waals surface area contributed by atoms with E-state index in [0.717, 1.165) is 14.9 Å². The Kier molecular flexibility index (Phi) is 4.72. The lowest BCUT2D eigenvalue weighted by molar-refractivity contribution is -0.112. The van der Waals surface area contributed by atoms with E-state index >= 15 is 0 Å². The standard InChI is InChI=1S/C15H11BrN2OS/c1-10-3-2-4-13(5-10)18-15(19)12(8-17)6-11-7-14(16)20-9-11/h2-7,9H,1H3,(H,18,19)/b12-6+. The number of nitriles is 1. The zero-order valence-corrected chi connectivity index (χ0v) is 13.1. The van der Waals surface area contributed by atoms with Gasteiger partial charge in [-0.3, -0.25) is 4.79 Å². The van der Waals surface area contributed by atoms with Crippen LogP contribution < -0.4 is 5.32 Å². The lowest BCUT2D eigenvalue weighted by Gasteiger charge is -2.04. The number of anilines is 1. The largest absolute Gasteiger partial charge is 0.321 e. The van der Waals surface area contributed by atoms with Crippen molar-refractivity contribution in [2.45, 2.75) is 6.92 Å². The van der Waals surface area contributed by atoms with Gasteiger partial charge in [0.25, 0.3) is 5.91 Å². The first-order valence-electron chi connectivity index (χ1n) is 5.82. The topological polar surface area (TPSA) is 52.9 Å². The highest BCUT2D eigenvalue weighted by atomic mass is 79.9. The molecule has 1 heterocycles. The molecular formula is C15H11BrN2OS. The first-order chi connectivity index (χ1) is 9.58. The van der Waals surface area contributed by atoms with E-state index in [1.807, 2.05) is 42.6 Å². The van der Waals surface area contributed by atoms with Crippen molar-refractivity contribution >= 4 is 44.9 Å². The first kappa shape index (κ1) is 14.5. The van der Waals surface area contributed by atoms with E-state index in [1.165, 1.54) is 11.3 Å². The molecule has 20 heavy (non-hydrogen) atoms. The highest BCUT2D eigenvalue weighted by molar-refractivity contribution is 9.11. The summed E-state index contributed by atoms with van der Waals surface area (Å²) in [6.07, 6.45) is 1.58. The summed E-state index contributed by atoms with van der Waals surface area (Å²) in [5.74, 6) is -0.402. The molecule has 3 nitrogen and oxygen atoms in total. The van der Waals surface area contributed by atoms with E-state index in [4.69, 9.17) is 5.26 Å². The summed E-state index contributed by atoms with van der Waals surface area (Å²) in [7, 11) is 0. The number of amides is 1. The molecule has 0 aliphatic rings. The van der Waals surface area contributed by atoms with E-state index in [2.05, 4.69) is 21.2 Å².